The zero-order chi connectivity index (χ0) is 15.6. The second-order valence-electron chi connectivity index (χ2n) is 6.21. The summed E-state index contributed by atoms with van der Waals surface area (Å²) in [6.07, 6.45) is 1.03. The maximum Gasteiger partial charge on any atom is 0.0680 e. The maximum atomic E-state index is 4.77. The lowest BCUT2D eigenvalue weighted by atomic mass is 10.1. The van der Waals surface area contributed by atoms with Crippen LogP contribution >= 0.6 is 0 Å². The van der Waals surface area contributed by atoms with E-state index in [4.69, 9.17) is 5.10 Å². The summed E-state index contributed by atoms with van der Waals surface area (Å²) in [5.41, 5.74) is 7.48. The maximum absolute atomic E-state index is 4.77. The van der Waals surface area contributed by atoms with E-state index in [0.717, 1.165) is 18.7 Å². The van der Waals surface area contributed by atoms with Gasteiger partial charge in [-0.05, 0) is 63.4 Å². The van der Waals surface area contributed by atoms with E-state index in [1.54, 1.807) is 0 Å². The van der Waals surface area contributed by atoms with Gasteiger partial charge in [-0.1, -0.05) is 26.0 Å². The van der Waals surface area contributed by atoms with Crippen LogP contribution in [-0.2, 0) is 6.42 Å². The molecule has 0 amide bonds. The monoisotopic (exact) mass is 285 g/mol. The molecule has 114 valence electrons. The Balaban J connectivity index is 2.32. The molecule has 0 saturated heterocycles. The van der Waals surface area contributed by atoms with Gasteiger partial charge in [-0.3, -0.25) is 0 Å². The van der Waals surface area contributed by atoms with Crippen LogP contribution in [0.5, 0.6) is 0 Å². The Morgan fingerprint density at radius 1 is 1.14 bits per heavy atom. The SMILES string of the molecule is Cc1ccc(C)c(-n2nc(C)c(CCNC(C)C)c2C)c1. The predicted molar refractivity (Wildman–Crippen MR) is 89.4 cm³/mol. The van der Waals surface area contributed by atoms with Crippen LogP contribution in [0, 0.1) is 27.7 Å². The quantitative estimate of drug-likeness (QED) is 0.909. The zero-order valence-corrected chi connectivity index (χ0v) is 14.1. The van der Waals surface area contributed by atoms with Crippen molar-refractivity contribution in [2.24, 2.45) is 0 Å². The van der Waals surface area contributed by atoms with Gasteiger partial charge in [0, 0.05) is 11.7 Å². The topological polar surface area (TPSA) is 29.9 Å². The van der Waals surface area contributed by atoms with Gasteiger partial charge in [-0.15, -0.1) is 0 Å². The minimum absolute atomic E-state index is 0.527. The second kappa shape index (κ2) is 6.44. The largest absolute Gasteiger partial charge is 0.314 e. The minimum atomic E-state index is 0.527. The zero-order valence-electron chi connectivity index (χ0n) is 14.1. The smallest absolute Gasteiger partial charge is 0.0680 e. The van der Waals surface area contributed by atoms with Crippen molar-refractivity contribution in [2.45, 2.75) is 54.0 Å². The summed E-state index contributed by atoms with van der Waals surface area (Å²) in [6.45, 7) is 13.9. The van der Waals surface area contributed by atoms with Crippen LogP contribution in [0.2, 0.25) is 0 Å². The van der Waals surface area contributed by atoms with Crippen molar-refractivity contribution in [2.75, 3.05) is 6.54 Å². The molecule has 0 bridgehead atoms. The normalized spacial score (nSPS) is 11.4. The number of rotatable bonds is 5. The Labute approximate surface area is 128 Å². The number of hydrogen-bond donors (Lipinski definition) is 1. The van der Waals surface area contributed by atoms with Gasteiger partial charge in [0.15, 0.2) is 0 Å². The van der Waals surface area contributed by atoms with E-state index >= 15 is 0 Å². The molecule has 2 rings (SSSR count). The number of aryl methyl sites for hydroxylation is 3. The summed E-state index contributed by atoms with van der Waals surface area (Å²) >= 11 is 0. The highest BCUT2D eigenvalue weighted by Gasteiger charge is 2.14. The number of nitrogens with zero attached hydrogens (tertiary/aromatic N) is 2. The van der Waals surface area contributed by atoms with E-state index in [1.165, 1.54) is 28.1 Å². The molecule has 3 heteroatoms. The molecule has 0 atom stereocenters. The van der Waals surface area contributed by atoms with Gasteiger partial charge < -0.3 is 5.32 Å². The van der Waals surface area contributed by atoms with Gasteiger partial charge in [0.05, 0.1) is 11.4 Å². The first-order valence-corrected chi connectivity index (χ1v) is 7.76. The van der Waals surface area contributed by atoms with E-state index in [2.05, 4.69) is 69.7 Å². The minimum Gasteiger partial charge on any atom is -0.314 e. The Morgan fingerprint density at radius 2 is 1.86 bits per heavy atom. The first-order valence-electron chi connectivity index (χ1n) is 7.76. The molecule has 0 fully saturated rings. The molecule has 0 unspecified atom stereocenters. The van der Waals surface area contributed by atoms with Gasteiger partial charge >= 0.3 is 0 Å². The average molecular weight is 285 g/mol. The van der Waals surface area contributed by atoms with Crippen LogP contribution in [0.4, 0.5) is 0 Å². The Bertz CT molecular complexity index is 624. The van der Waals surface area contributed by atoms with E-state index in [-0.39, 0.29) is 0 Å². The first kappa shape index (κ1) is 15.8. The Kier molecular flexibility index (Phi) is 4.84. The predicted octanol–water partition coefficient (Wildman–Crippen LogP) is 3.65. The molecule has 0 spiro atoms. The molecule has 2 aromatic rings. The van der Waals surface area contributed by atoms with Crippen molar-refractivity contribution in [3.63, 3.8) is 0 Å². The molecular weight excluding hydrogens is 258 g/mol. The van der Waals surface area contributed by atoms with Crippen molar-refractivity contribution in [1.29, 1.82) is 0 Å². The van der Waals surface area contributed by atoms with E-state index in [1.807, 2.05) is 0 Å². The summed E-state index contributed by atoms with van der Waals surface area (Å²) in [6, 6.07) is 7.06. The van der Waals surface area contributed by atoms with Crippen LogP contribution in [0.15, 0.2) is 18.2 Å². The van der Waals surface area contributed by atoms with Crippen molar-refractivity contribution in [3.8, 4) is 5.69 Å². The molecule has 21 heavy (non-hydrogen) atoms. The molecule has 0 saturated carbocycles. The van der Waals surface area contributed by atoms with Crippen molar-refractivity contribution >= 4 is 0 Å². The lowest BCUT2D eigenvalue weighted by Gasteiger charge is -2.11. The van der Waals surface area contributed by atoms with Gasteiger partial charge in [0.1, 0.15) is 0 Å². The molecule has 1 aromatic carbocycles. The van der Waals surface area contributed by atoms with Crippen molar-refractivity contribution in [3.05, 3.63) is 46.3 Å². The number of aromatic nitrogens is 2. The van der Waals surface area contributed by atoms with Gasteiger partial charge in [-0.2, -0.15) is 5.10 Å². The van der Waals surface area contributed by atoms with Gasteiger partial charge in [0.2, 0.25) is 0 Å². The summed E-state index contributed by atoms with van der Waals surface area (Å²) in [5.74, 6) is 0. The second-order valence-corrected chi connectivity index (χ2v) is 6.21. The molecule has 1 N–H and O–H groups in total. The Morgan fingerprint density at radius 3 is 2.52 bits per heavy atom. The van der Waals surface area contributed by atoms with Crippen LogP contribution in [0.3, 0.4) is 0 Å². The van der Waals surface area contributed by atoms with Crippen LogP contribution < -0.4 is 5.32 Å². The molecule has 0 aliphatic carbocycles. The van der Waals surface area contributed by atoms with E-state index in [0.29, 0.717) is 6.04 Å². The third kappa shape index (κ3) is 3.53. The highest BCUT2D eigenvalue weighted by atomic mass is 15.3. The molecule has 1 aromatic heterocycles. The summed E-state index contributed by atoms with van der Waals surface area (Å²) in [7, 11) is 0. The highest BCUT2D eigenvalue weighted by molar-refractivity contribution is 5.45. The molecular formula is C18H27N3. The lowest BCUT2D eigenvalue weighted by molar-refractivity contribution is 0.589. The van der Waals surface area contributed by atoms with E-state index < -0.39 is 0 Å². The standard InChI is InChI=1S/C18H27N3/c1-12(2)19-10-9-17-15(5)20-21(16(17)6)18-11-13(3)7-8-14(18)4/h7-8,11-12,19H,9-10H2,1-6H3. The third-order valence-electron chi connectivity index (χ3n) is 3.96. The lowest BCUT2D eigenvalue weighted by Crippen LogP contribution is -2.25. The fourth-order valence-electron chi connectivity index (χ4n) is 2.70. The van der Waals surface area contributed by atoms with Gasteiger partial charge in [-0.25, -0.2) is 4.68 Å². The Hall–Kier alpha value is -1.61. The summed E-state index contributed by atoms with van der Waals surface area (Å²) in [4.78, 5) is 0. The number of nitrogens with one attached hydrogen (secondary N) is 1. The summed E-state index contributed by atoms with van der Waals surface area (Å²) < 4.78 is 2.10. The van der Waals surface area contributed by atoms with E-state index in [9.17, 15) is 0 Å². The van der Waals surface area contributed by atoms with Crippen molar-refractivity contribution < 1.29 is 0 Å². The van der Waals surface area contributed by atoms with Crippen LogP contribution in [0.25, 0.3) is 5.69 Å². The van der Waals surface area contributed by atoms with Gasteiger partial charge in [0.25, 0.3) is 0 Å². The fraction of sp³-hybridized carbons (Fsp3) is 0.500. The average Bonchev–Trinajstić information content (AvgIpc) is 2.69. The van der Waals surface area contributed by atoms with Crippen molar-refractivity contribution in [1.82, 2.24) is 15.1 Å². The molecule has 1 heterocycles. The fourth-order valence-corrected chi connectivity index (χ4v) is 2.70. The molecule has 0 aliphatic rings. The van der Waals surface area contributed by atoms with Crippen LogP contribution in [-0.4, -0.2) is 22.4 Å². The molecule has 0 radical (unpaired) electrons. The third-order valence-corrected chi connectivity index (χ3v) is 3.96. The first-order chi connectivity index (χ1) is 9.90. The summed E-state index contributed by atoms with van der Waals surface area (Å²) in [5, 5.41) is 8.25. The number of benzene rings is 1. The molecule has 0 aliphatic heterocycles. The molecule has 3 nitrogen and oxygen atoms in total. The number of hydrogen-bond acceptors (Lipinski definition) is 2. The van der Waals surface area contributed by atoms with Crippen LogP contribution in [0.1, 0.15) is 41.9 Å². The highest BCUT2D eigenvalue weighted by Crippen LogP contribution is 2.21.